The van der Waals surface area contributed by atoms with Crippen LogP contribution in [-0.2, 0) is 0 Å². The second-order valence-electron chi connectivity index (χ2n) is 2.83. The number of rotatable bonds is 2. The summed E-state index contributed by atoms with van der Waals surface area (Å²) < 4.78 is 0. The number of H-pyrrole nitrogens is 1. The Labute approximate surface area is 83.3 Å². The fourth-order valence-corrected chi connectivity index (χ4v) is 1.23. The van der Waals surface area contributed by atoms with Crippen LogP contribution in [0.3, 0.4) is 0 Å². The molecule has 3 nitrogen and oxygen atoms in total. The van der Waals surface area contributed by atoms with Crippen molar-refractivity contribution in [2.75, 3.05) is 0 Å². The highest BCUT2D eigenvalue weighted by Crippen LogP contribution is 1.95. The fourth-order valence-electron chi connectivity index (χ4n) is 1.23. The van der Waals surface area contributed by atoms with Gasteiger partial charge in [0, 0.05) is 5.22 Å². The van der Waals surface area contributed by atoms with E-state index in [1.165, 1.54) is 0 Å². The van der Waals surface area contributed by atoms with E-state index in [2.05, 4.69) is 16.8 Å². The number of nitrogens with one attached hydrogen (secondary N) is 1. The van der Waals surface area contributed by atoms with E-state index in [0.717, 1.165) is 16.3 Å². The highest BCUT2D eigenvalue weighted by atomic mass is 15.1. The maximum Gasteiger partial charge on any atom is 0.115 e. The highest BCUT2D eigenvalue weighted by molar-refractivity contribution is 5.61. The fraction of sp³-hybridized carbons (Fsp3) is 0.182. The monoisotopic (exact) mass is 189 g/mol. The van der Waals surface area contributed by atoms with Gasteiger partial charge in [-0.15, -0.1) is 0 Å². The minimum Gasteiger partial charge on any atom is -0.397 e. The molecule has 0 saturated heterocycles. The first kappa shape index (κ1) is 10.3. The second kappa shape index (κ2) is 4.46. The van der Waals surface area contributed by atoms with Gasteiger partial charge in [-0.2, -0.15) is 5.10 Å². The van der Waals surface area contributed by atoms with Crippen LogP contribution in [-0.4, -0.2) is 10.2 Å². The summed E-state index contributed by atoms with van der Waals surface area (Å²) in [5.74, 6) is 0. The number of nitrogens with zero attached hydrogens (tertiary/aromatic N) is 1. The van der Waals surface area contributed by atoms with E-state index in [-0.39, 0.29) is 0 Å². The number of hydrogen-bond acceptors (Lipinski definition) is 2. The topological polar surface area (TPSA) is 54.7 Å². The molecular weight excluding hydrogens is 174 g/mol. The van der Waals surface area contributed by atoms with E-state index in [0.29, 0.717) is 5.70 Å². The smallest absolute Gasteiger partial charge is 0.115 e. The third kappa shape index (κ3) is 1.76. The van der Waals surface area contributed by atoms with E-state index in [9.17, 15) is 0 Å². The molecule has 1 aromatic rings. The Morgan fingerprint density at radius 2 is 2.21 bits per heavy atom. The molecule has 1 aromatic heterocycles. The number of aromatic amines is 1. The predicted octanol–water partition coefficient (Wildman–Crippen LogP) is 0.496. The van der Waals surface area contributed by atoms with Crippen molar-refractivity contribution in [3.8, 4) is 0 Å². The lowest BCUT2D eigenvalue weighted by Gasteiger charge is -1.92. The van der Waals surface area contributed by atoms with Crippen molar-refractivity contribution >= 4 is 17.8 Å². The summed E-state index contributed by atoms with van der Waals surface area (Å²) in [6, 6.07) is 0. The molecule has 0 spiro atoms. The molecule has 0 saturated carbocycles. The van der Waals surface area contributed by atoms with Crippen LogP contribution in [0.15, 0.2) is 18.7 Å². The Morgan fingerprint density at radius 3 is 2.71 bits per heavy atom. The van der Waals surface area contributed by atoms with Crippen molar-refractivity contribution in [2.24, 2.45) is 5.73 Å². The Morgan fingerprint density at radius 1 is 1.50 bits per heavy atom. The lowest BCUT2D eigenvalue weighted by atomic mass is 10.2. The summed E-state index contributed by atoms with van der Waals surface area (Å²) in [5.41, 5.74) is 7.25. The van der Waals surface area contributed by atoms with Crippen molar-refractivity contribution in [1.29, 1.82) is 0 Å². The molecule has 14 heavy (non-hydrogen) atoms. The van der Waals surface area contributed by atoms with Gasteiger partial charge in [0.1, 0.15) is 5.69 Å². The first-order valence-electron chi connectivity index (χ1n) is 4.50. The van der Waals surface area contributed by atoms with E-state index >= 15 is 0 Å². The van der Waals surface area contributed by atoms with Crippen molar-refractivity contribution in [3.05, 3.63) is 35.0 Å². The Balaban J connectivity index is 3.56. The van der Waals surface area contributed by atoms with Crippen molar-refractivity contribution in [1.82, 2.24) is 10.2 Å². The van der Waals surface area contributed by atoms with Gasteiger partial charge in [-0.25, -0.2) is 0 Å². The molecule has 1 heterocycles. The van der Waals surface area contributed by atoms with Crippen LogP contribution in [0, 0.1) is 0 Å². The molecule has 0 radical (unpaired) electrons. The van der Waals surface area contributed by atoms with E-state index < -0.39 is 0 Å². The molecule has 0 aromatic carbocycles. The lowest BCUT2D eigenvalue weighted by molar-refractivity contribution is 1.04. The summed E-state index contributed by atoms with van der Waals surface area (Å²) in [4.78, 5) is 0. The van der Waals surface area contributed by atoms with Crippen LogP contribution in [0.1, 0.15) is 19.5 Å². The van der Waals surface area contributed by atoms with Gasteiger partial charge >= 0.3 is 0 Å². The summed E-state index contributed by atoms with van der Waals surface area (Å²) in [6.07, 6.45) is 7.40. The molecule has 3 heteroatoms. The van der Waals surface area contributed by atoms with Gasteiger partial charge in [-0.05, 0) is 13.8 Å². The highest BCUT2D eigenvalue weighted by Gasteiger charge is 2.01. The van der Waals surface area contributed by atoms with Crippen LogP contribution in [0.5, 0.6) is 0 Å². The molecule has 0 atom stereocenters. The van der Waals surface area contributed by atoms with Gasteiger partial charge in [0.05, 0.1) is 11.0 Å². The Bertz CT molecular complexity index is 463. The molecule has 0 aliphatic rings. The van der Waals surface area contributed by atoms with E-state index in [4.69, 9.17) is 5.73 Å². The van der Waals surface area contributed by atoms with Crippen LogP contribution >= 0.6 is 0 Å². The average Bonchev–Trinajstić information content (AvgIpc) is 2.60. The molecule has 0 unspecified atom stereocenters. The summed E-state index contributed by atoms with van der Waals surface area (Å²) >= 11 is 0. The third-order valence-electron chi connectivity index (χ3n) is 1.99. The van der Waals surface area contributed by atoms with Crippen LogP contribution < -0.4 is 16.3 Å². The zero-order valence-corrected chi connectivity index (χ0v) is 8.54. The van der Waals surface area contributed by atoms with Crippen molar-refractivity contribution in [2.45, 2.75) is 13.8 Å². The molecule has 3 N–H and O–H groups in total. The normalized spacial score (nSPS) is 14.9. The Kier molecular flexibility index (Phi) is 3.29. The number of hydrogen-bond donors (Lipinski definition) is 2. The van der Waals surface area contributed by atoms with Gasteiger partial charge in [0.15, 0.2) is 0 Å². The van der Waals surface area contributed by atoms with Crippen LogP contribution in [0.2, 0.25) is 0 Å². The standard InChI is InChI=1S/C11H15N3/c1-4-7-8-10(6-3)13-14-11(8)9(12)5-2/h4-7,13H,1,12H2,2-3H3/b8-7+,9-5-,10-6+. The quantitative estimate of drug-likeness (QED) is 0.711. The summed E-state index contributed by atoms with van der Waals surface area (Å²) in [7, 11) is 0. The van der Waals surface area contributed by atoms with Crippen molar-refractivity contribution in [3.63, 3.8) is 0 Å². The predicted molar refractivity (Wildman–Crippen MR) is 60.5 cm³/mol. The third-order valence-corrected chi connectivity index (χ3v) is 1.99. The zero-order chi connectivity index (χ0) is 10.6. The molecule has 0 fully saturated rings. The molecule has 74 valence electrons. The largest absolute Gasteiger partial charge is 0.397 e. The van der Waals surface area contributed by atoms with Gasteiger partial charge in [-0.3, -0.25) is 5.10 Å². The lowest BCUT2D eigenvalue weighted by Crippen LogP contribution is -2.25. The van der Waals surface area contributed by atoms with Crippen LogP contribution in [0.25, 0.3) is 17.8 Å². The molecule has 0 amide bonds. The SMILES string of the molecule is C=C/C=c1/c(/C(N)=C/C)n[nH]/c1=C/C. The number of aromatic nitrogens is 2. The minimum absolute atomic E-state index is 0.669. The van der Waals surface area contributed by atoms with E-state index in [1.54, 1.807) is 6.08 Å². The summed E-state index contributed by atoms with van der Waals surface area (Å²) in [5, 5.41) is 9.01. The van der Waals surface area contributed by atoms with Gasteiger partial charge < -0.3 is 5.73 Å². The maximum atomic E-state index is 5.80. The molecule has 0 aliphatic carbocycles. The Hall–Kier alpha value is -1.77. The molecule has 1 rings (SSSR count). The molecular formula is C11H15N3. The first-order valence-corrected chi connectivity index (χ1v) is 4.50. The van der Waals surface area contributed by atoms with Gasteiger partial charge in [-0.1, -0.05) is 30.9 Å². The molecule has 0 aliphatic heterocycles. The van der Waals surface area contributed by atoms with Crippen molar-refractivity contribution < 1.29 is 0 Å². The number of allylic oxidation sites excluding steroid dienone is 2. The summed E-state index contributed by atoms with van der Waals surface area (Å²) in [6.45, 7) is 7.50. The van der Waals surface area contributed by atoms with Gasteiger partial charge in [0.25, 0.3) is 0 Å². The maximum absolute atomic E-state index is 5.80. The molecule has 0 bridgehead atoms. The number of nitrogens with two attached hydrogens (primary N) is 1. The minimum atomic E-state index is 0.669. The van der Waals surface area contributed by atoms with Gasteiger partial charge in [0.2, 0.25) is 0 Å². The first-order chi connectivity index (χ1) is 6.74. The van der Waals surface area contributed by atoms with Crippen LogP contribution in [0.4, 0.5) is 0 Å². The second-order valence-corrected chi connectivity index (χ2v) is 2.83. The average molecular weight is 189 g/mol. The zero-order valence-electron chi connectivity index (χ0n) is 8.54. The van der Waals surface area contributed by atoms with E-state index in [1.807, 2.05) is 32.1 Å².